The van der Waals surface area contributed by atoms with Gasteiger partial charge in [-0.1, -0.05) is 41.7 Å². The van der Waals surface area contributed by atoms with Crippen LogP contribution in [-0.4, -0.2) is 35.6 Å². The summed E-state index contributed by atoms with van der Waals surface area (Å²) in [6.45, 7) is 0.408. The van der Waals surface area contributed by atoms with Gasteiger partial charge in [-0.25, -0.2) is 13.4 Å². The Labute approximate surface area is 223 Å². The third-order valence-electron chi connectivity index (χ3n) is 7.15. The lowest BCUT2D eigenvalue weighted by molar-refractivity contribution is 0.102. The van der Waals surface area contributed by atoms with Crippen LogP contribution in [0.5, 0.6) is 0 Å². The molecule has 8 nitrogen and oxygen atoms in total. The molecule has 38 heavy (non-hydrogen) atoms. The number of aromatic nitrogens is 3. The lowest BCUT2D eigenvalue weighted by Crippen LogP contribution is -2.29. The van der Waals surface area contributed by atoms with Gasteiger partial charge in [-0.05, 0) is 73.7 Å². The summed E-state index contributed by atoms with van der Waals surface area (Å²) in [5.41, 5.74) is 5.00. The predicted octanol–water partition coefficient (Wildman–Crippen LogP) is 4.97. The fraction of sp³-hybridized carbons (Fsp3) is 0.179. The third-order valence-corrected chi connectivity index (χ3v) is 9.99. The number of anilines is 2. The molecular formula is C28H23N5O3S2. The molecule has 0 bridgehead atoms. The van der Waals surface area contributed by atoms with Crippen LogP contribution in [0, 0.1) is 0 Å². The first-order chi connectivity index (χ1) is 18.5. The van der Waals surface area contributed by atoms with Crippen molar-refractivity contribution in [2.75, 3.05) is 16.2 Å². The molecule has 1 aliphatic carbocycles. The number of sulfonamides is 1. The highest BCUT2D eigenvalue weighted by Crippen LogP contribution is 2.35. The smallest absolute Gasteiger partial charge is 0.264 e. The number of rotatable bonds is 5. The highest BCUT2D eigenvalue weighted by Gasteiger charge is 2.31. The van der Waals surface area contributed by atoms with Crippen LogP contribution < -0.4 is 9.62 Å². The molecule has 1 N–H and O–H groups in total. The fourth-order valence-corrected chi connectivity index (χ4v) is 7.68. The molecule has 10 heteroatoms. The summed E-state index contributed by atoms with van der Waals surface area (Å²) in [6.07, 6.45) is 3.38. The molecule has 190 valence electrons. The summed E-state index contributed by atoms with van der Waals surface area (Å²) in [5, 5.41) is 8.52. The van der Waals surface area contributed by atoms with Crippen molar-refractivity contribution in [1.82, 2.24) is 14.8 Å². The first kappa shape index (κ1) is 23.1. The van der Waals surface area contributed by atoms with Crippen molar-refractivity contribution in [3.63, 3.8) is 0 Å². The average molecular weight is 542 g/mol. The Kier molecular flexibility index (Phi) is 5.34. The van der Waals surface area contributed by atoms with E-state index in [2.05, 4.69) is 5.32 Å². The number of carbonyl (C=O) groups is 1. The first-order valence-corrected chi connectivity index (χ1v) is 14.7. The molecule has 7 rings (SSSR count). The standard InChI is InChI=1S/C28H23N5O3S2/c34-27(19-12-14-20(15-13-19)38(35,36)32-17-16-18-6-1-3-10-24(18)32)30-26-21-7-5-9-22(21)31-33(26)28-29-23-8-2-4-11-25(23)37-28/h1-4,6,8,10-15H,5,7,9,16-17H2,(H,30,34). The zero-order valence-corrected chi connectivity index (χ0v) is 21.9. The number of nitrogens with zero attached hydrogens (tertiary/aromatic N) is 4. The highest BCUT2D eigenvalue weighted by atomic mass is 32.2. The van der Waals surface area contributed by atoms with Gasteiger partial charge in [-0.2, -0.15) is 9.78 Å². The van der Waals surface area contributed by atoms with Gasteiger partial charge in [0, 0.05) is 17.7 Å². The second kappa shape index (κ2) is 8.78. The van der Waals surface area contributed by atoms with Crippen molar-refractivity contribution in [1.29, 1.82) is 0 Å². The van der Waals surface area contributed by atoms with Crippen molar-refractivity contribution < 1.29 is 13.2 Å². The van der Waals surface area contributed by atoms with E-state index in [-0.39, 0.29) is 10.8 Å². The van der Waals surface area contributed by atoms with Crippen LogP contribution in [-0.2, 0) is 29.3 Å². The Morgan fingerprint density at radius 3 is 2.55 bits per heavy atom. The molecule has 1 amide bonds. The number of aryl methyl sites for hydroxylation is 1. The van der Waals surface area contributed by atoms with Crippen LogP contribution in [0.15, 0.2) is 77.7 Å². The molecule has 0 unspecified atom stereocenters. The molecule has 2 aliphatic rings. The van der Waals surface area contributed by atoms with E-state index in [1.807, 2.05) is 48.5 Å². The normalized spacial score (nSPS) is 14.6. The molecule has 3 aromatic carbocycles. The van der Waals surface area contributed by atoms with Crippen LogP contribution in [0.2, 0.25) is 0 Å². The minimum absolute atomic E-state index is 0.158. The van der Waals surface area contributed by atoms with Crippen molar-refractivity contribution in [2.24, 2.45) is 0 Å². The SMILES string of the molecule is O=C(Nc1c2c(nn1-c1nc3ccccc3s1)CCC2)c1ccc(S(=O)(=O)N2CCc3ccccc32)cc1. The molecule has 5 aromatic rings. The van der Waals surface area contributed by atoms with Gasteiger partial charge in [0.15, 0.2) is 0 Å². The van der Waals surface area contributed by atoms with Gasteiger partial charge >= 0.3 is 0 Å². The van der Waals surface area contributed by atoms with Gasteiger partial charge in [0.05, 0.1) is 26.5 Å². The number of hydrogen-bond donors (Lipinski definition) is 1. The molecular weight excluding hydrogens is 518 g/mol. The zero-order chi connectivity index (χ0) is 25.9. The van der Waals surface area contributed by atoms with Gasteiger partial charge in [0.1, 0.15) is 5.82 Å². The molecule has 0 atom stereocenters. The molecule has 0 fully saturated rings. The van der Waals surface area contributed by atoms with E-state index in [0.717, 1.165) is 46.3 Å². The van der Waals surface area contributed by atoms with Gasteiger partial charge in [-0.15, -0.1) is 0 Å². The molecule has 0 saturated heterocycles. The van der Waals surface area contributed by atoms with Crippen molar-refractivity contribution in [3.8, 4) is 5.13 Å². The lowest BCUT2D eigenvalue weighted by Gasteiger charge is -2.19. The van der Waals surface area contributed by atoms with Gasteiger partial charge < -0.3 is 5.32 Å². The first-order valence-electron chi connectivity index (χ1n) is 12.5. The summed E-state index contributed by atoms with van der Waals surface area (Å²) in [6, 6.07) is 21.6. The number of para-hydroxylation sites is 2. The number of benzene rings is 3. The predicted molar refractivity (Wildman–Crippen MR) is 148 cm³/mol. The largest absolute Gasteiger partial charge is 0.306 e. The highest BCUT2D eigenvalue weighted by molar-refractivity contribution is 7.92. The third kappa shape index (κ3) is 3.71. The van der Waals surface area contributed by atoms with Crippen LogP contribution in [0.4, 0.5) is 11.5 Å². The van der Waals surface area contributed by atoms with Crippen LogP contribution >= 0.6 is 11.3 Å². The van der Waals surface area contributed by atoms with Gasteiger partial charge in [0.25, 0.3) is 15.9 Å². The lowest BCUT2D eigenvalue weighted by atomic mass is 10.2. The van der Waals surface area contributed by atoms with E-state index in [4.69, 9.17) is 10.1 Å². The maximum Gasteiger partial charge on any atom is 0.264 e. The maximum absolute atomic E-state index is 13.3. The number of fused-ring (bicyclic) bond motifs is 3. The van der Waals surface area contributed by atoms with Crippen molar-refractivity contribution in [3.05, 3.63) is 95.2 Å². The minimum Gasteiger partial charge on any atom is -0.306 e. The molecule has 0 saturated carbocycles. The Balaban J connectivity index is 1.17. The molecule has 3 heterocycles. The number of nitrogens with one attached hydrogen (secondary N) is 1. The summed E-state index contributed by atoms with van der Waals surface area (Å²) >= 11 is 1.52. The molecule has 2 aromatic heterocycles. The summed E-state index contributed by atoms with van der Waals surface area (Å²) < 4.78 is 30.9. The van der Waals surface area contributed by atoms with E-state index in [1.165, 1.54) is 27.8 Å². The fourth-order valence-electron chi connectivity index (χ4n) is 5.25. The minimum atomic E-state index is -3.73. The van der Waals surface area contributed by atoms with E-state index in [1.54, 1.807) is 16.8 Å². The molecule has 0 spiro atoms. The second-order valence-electron chi connectivity index (χ2n) is 9.44. The molecule has 1 aliphatic heterocycles. The van der Waals surface area contributed by atoms with Crippen molar-refractivity contribution in [2.45, 2.75) is 30.6 Å². The summed E-state index contributed by atoms with van der Waals surface area (Å²) in [4.78, 5) is 18.2. The number of hydrogen-bond acceptors (Lipinski definition) is 6. The second-order valence-corrected chi connectivity index (χ2v) is 12.3. The number of amides is 1. The Bertz CT molecular complexity index is 1790. The Morgan fingerprint density at radius 1 is 0.921 bits per heavy atom. The van der Waals surface area contributed by atoms with Crippen molar-refractivity contribution >= 4 is 49.0 Å². The number of thiazole rings is 1. The topological polar surface area (TPSA) is 97.2 Å². The van der Waals surface area contributed by atoms with Crippen LogP contribution in [0.3, 0.4) is 0 Å². The van der Waals surface area contributed by atoms with E-state index >= 15 is 0 Å². The van der Waals surface area contributed by atoms with E-state index in [9.17, 15) is 13.2 Å². The monoisotopic (exact) mass is 541 g/mol. The van der Waals surface area contributed by atoms with E-state index in [0.29, 0.717) is 35.2 Å². The average Bonchev–Trinajstić information content (AvgIpc) is 3.71. The number of carbonyl (C=O) groups excluding carboxylic acids is 1. The summed E-state index contributed by atoms with van der Waals surface area (Å²) in [5.74, 6) is 0.310. The van der Waals surface area contributed by atoms with Crippen LogP contribution in [0.25, 0.3) is 15.3 Å². The van der Waals surface area contributed by atoms with Gasteiger partial charge in [0.2, 0.25) is 5.13 Å². The van der Waals surface area contributed by atoms with Crippen LogP contribution in [0.1, 0.15) is 33.6 Å². The zero-order valence-electron chi connectivity index (χ0n) is 20.3. The van der Waals surface area contributed by atoms with E-state index < -0.39 is 10.0 Å². The maximum atomic E-state index is 13.3. The molecule has 0 radical (unpaired) electrons. The Hall–Kier alpha value is -4.02. The van der Waals surface area contributed by atoms with Gasteiger partial charge in [-0.3, -0.25) is 9.10 Å². The quantitative estimate of drug-likeness (QED) is 0.339. The summed E-state index contributed by atoms with van der Waals surface area (Å²) in [7, 11) is -3.73. The Morgan fingerprint density at radius 2 is 1.71 bits per heavy atom.